The number of allylic oxidation sites excluding steroid dienone is 1. The maximum Gasteiger partial charge on any atom is 0.329 e. The second-order valence-corrected chi connectivity index (χ2v) is 9.19. The Labute approximate surface area is 182 Å². The molecule has 2 saturated carbocycles. The van der Waals surface area contributed by atoms with Gasteiger partial charge in [-0.25, -0.2) is 4.79 Å². The number of hydrogen-bond donors (Lipinski definition) is 3. The van der Waals surface area contributed by atoms with Gasteiger partial charge in [0.15, 0.2) is 0 Å². The van der Waals surface area contributed by atoms with Crippen LogP contribution in [0.15, 0.2) is 11.6 Å². The fourth-order valence-electron chi connectivity index (χ4n) is 5.38. The zero-order valence-electron chi connectivity index (χ0n) is 18.3. The van der Waals surface area contributed by atoms with Gasteiger partial charge in [0.2, 0.25) is 5.91 Å². The molecule has 3 aliphatic rings. The predicted molar refractivity (Wildman–Crippen MR) is 111 cm³/mol. The fraction of sp³-hybridized carbons (Fsp3) is 0.739. The summed E-state index contributed by atoms with van der Waals surface area (Å²) in [5.74, 6) is -2.51. The number of ether oxygens (including phenoxy) is 1. The van der Waals surface area contributed by atoms with Crippen LogP contribution < -0.4 is 5.32 Å². The maximum atomic E-state index is 13.2. The zero-order chi connectivity index (χ0) is 22.8. The summed E-state index contributed by atoms with van der Waals surface area (Å²) in [7, 11) is 0. The van der Waals surface area contributed by atoms with Gasteiger partial charge in [0, 0.05) is 24.3 Å². The van der Waals surface area contributed by atoms with E-state index < -0.39 is 23.4 Å². The Kier molecular flexibility index (Phi) is 7.06. The minimum Gasteiger partial charge on any atom is -0.481 e. The molecule has 0 aliphatic heterocycles. The van der Waals surface area contributed by atoms with Crippen LogP contribution in [0.25, 0.3) is 0 Å². The number of amides is 1. The number of fused-ring (bicyclic) bond motifs is 1. The van der Waals surface area contributed by atoms with E-state index >= 15 is 0 Å². The first-order chi connectivity index (χ1) is 14.7. The highest BCUT2D eigenvalue weighted by Gasteiger charge is 2.61. The summed E-state index contributed by atoms with van der Waals surface area (Å²) < 4.78 is 5.68. The summed E-state index contributed by atoms with van der Waals surface area (Å²) in [4.78, 5) is 47.8. The van der Waals surface area contributed by atoms with Crippen molar-refractivity contribution in [2.75, 3.05) is 0 Å². The minimum absolute atomic E-state index is 0.0288. The van der Waals surface area contributed by atoms with Crippen LogP contribution in [-0.2, 0) is 23.9 Å². The Hall–Kier alpha value is -2.38. The molecule has 0 radical (unpaired) electrons. The lowest BCUT2D eigenvalue weighted by Gasteiger charge is -2.34. The summed E-state index contributed by atoms with van der Waals surface area (Å²) in [5, 5.41) is 21.2. The number of nitrogens with one attached hydrogen (secondary N) is 1. The van der Waals surface area contributed by atoms with E-state index in [0.717, 1.165) is 12.8 Å². The molecule has 3 aliphatic carbocycles. The van der Waals surface area contributed by atoms with E-state index in [9.17, 15) is 24.3 Å². The standard InChI is InChI=1S/C23H33NO7/c1-3-13-10-16-15(8-9-18(16)31-20(27)7-5-6-19(25)26)17(11-13)21(28)24-23(22(29)30)12-14(23)4-2/h11,13-16,18H,3-10,12H2,1-2H3,(H,24,28)(H,25,26)(H,29,30)/t13-,14+,15+,16+,18?,23+/m1/s1. The number of carboxylic acids is 2. The lowest BCUT2D eigenvalue weighted by molar-refractivity contribution is -0.151. The molecule has 0 aromatic rings. The third kappa shape index (κ3) is 4.93. The highest BCUT2D eigenvalue weighted by Crippen LogP contribution is 2.49. The van der Waals surface area contributed by atoms with Crippen molar-refractivity contribution >= 4 is 23.8 Å². The fourth-order valence-corrected chi connectivity index (χ4v) is 5.38. The monoisotopic (exact) mass is 435 g/mol. The summed E-state index contributed by atoms with van der Waals surface area (Å²) in [6.07, 6.45) is 6.16. The number of carbonyl (C=O) groups is 4. The molecule has 0 bridgehead atoms. The maximum absolute atomic E-state index is 13.2. The van der Waals surface area contributed by atoms with Gasteiger partial charge in [-0.3, -0.25) is 14.4 Å². The molecule has 31 heavy (non-hydrogen) atoms. The molecule has 0 saturated heterocycles. The summed E-state index contributed by atoms with van der Waals surface area (Å²) >= 11 is 0. The Balaban J connectivity index is 1.67. The Morgan fingerprint density at radius 3 is 2.45 bits per heavy atom. The number of carbonyl (C=O) groups excluding carboxylic acids is 2. The van der Waals surface area contributed by atoms with Crippen LogP contribution in [0.1, 0.15) is 71.6 Å². The Bertz CT molecular complexity index is 776. The van der Waals surface area contributed by atoms with Gasteiger partial charge < -0.3 is 20.3 Å². The van der Waals surface area contributed by atoms with Crippen molar-refractivity contribution in [3.8, 4) is 0 Å². The SMILES string of the molecule is CC[C@H]1C=C(C(=O)N[C@@]2(C(=O)O)C[C@@H]2CC)[C@H]2CCC(OC(=O)CCCC(=O)O)[C@H]2C1. The molecule has 3 rings (SSSR count). The molecule has 0 aromatic carbocycles. The van der Waals surface area contributed by atoms with Gasteiger partial charge in [-0.2, -0.15) is 0 Å². The van der Waals surface area contributed by atoms with E-state index in [1.165, 1.54) is 0 Å². The molecule has 3 N–H and O–H groups in total. The molecule has 0 spiro atoms. The van der Waals surface area contributed by atoms with E-state index in [2.05, 4.69) is 5.32 Å². The first kappa shape index (κ1) is 23.3. The van der Waals surface area contributed by atoms with Crippen LogP contribution in [0.5, 0.6) is 0 Å². The minimum atomic E-state index is -1.16. The molecule has 2 fully saturated rings. The predicted octanol–water partition coefficient (Wildman–Crippen LogP) is 2.91. The summed E-state index contributed by atoms with van der Waals surface area (Å²) in [6.45, 7) is 3.97. The lowest BCUT2D eigenvalue weighted by Crippen LogP contribution is -2.47. The third-order valence-corrected chi connectivity index (χ3v) is 7.30. The molecular weight excluding hydrogens is 402 g/mol. The summed E-state index contributed by atoms with van der Waals surface area (Å²) in [6, 6.07) is 0. The second kappa shape index (κ2) is 9.40. The van der Waals surface area contributed by atoms with E-state index in [1.807, 2.05) is 19.9 Å². The van der Waals surface area contributed by atoms with Crippen LogP contribution >= 0.6 is 0 Å². The molecule has 0 heterocycles. The third-order valence-electron chi connectivity index (χ3n) is 7.30. The highest BCUT2D eigenvalue weighted by atomic mass is 16.5. The molecule has 6 atom stereocenters. The molecule has 1 amide bonds. The lowest BCUT2D eigenvalue weighted by atomic mass is 9.74. The topological polar surface area (TPSA) is 130 Å². The molecule has 0 aromatic heterocycles. The molecule has 8 nitrogen and oxygen atoms in total. The van der Waals surface area contributed by atoms with E-state index in [-0.39, 0.29) is 54.9 Å². The number of rotatable bonds is 10. The largest absolute Gasteiger partial charge is 0.481 e. The van der Waals surface area contributed by atoms with Gasteiger partial charge in [-0.05, 0) is 56.3 Å². The number of carboxylic acid groups (broad SMARTS) is 2. The van der Waals surface area contributed by atoms with Crippen LogP contribution in [-0.4, -0.2) is 45.7 Å². The molecule has 172 valence electrons. The first-order valence-corrected chi connectivity index (χ1v) is 11.4. The van der Waals surface area contributed by atoms with Crippen LogP contribution in [0.4, 0.5) is 0 Å². The van der Waals surface area contributed by atoms with Crippen molar-refractivity contribution in [2.45, 2.75) is 83.3 Å². The normalized spacial score (nSPS) is 33.7. The molecule has 8 heteroatoms. The van der Waals surface area contributed by atoms with Crippen molar-refractivity contribution in [3.63, 3.8) is 0 Å². The van der Waals surface area contributed by atoms with Crippen LogP contribution in [0, 0.1) is 23.7 Å². The zero-order valence-corrected chi connectivity index (χ0v) is 18.3. The quantitative estimate of drug-likeness (QED) is 0.450. The van der Waals surface area contributed by atoms with Gasteiger partial charge in [-0.1, -0.05) is 26.3 Å². The van der Waals surface area contributed by atoms with Crippen molar-refractivity contribution < 1.29 is 34.1 Å². The number of esters is 1. The second-order valence-electron chi connectivity index (χ2n) is 9.19. The van der Waals surface area contributed by atoms with E-state index in [0.29, 0.717) is 31.3 Å². The first-order valence-electron chi connectivity index (χ1n) is 11.4. The Morgan fingerprint density at radius 2 is 1.87 bits per heavy atom. The smallest absolute Gasteiger partial charge is 0.329 e. The van der Waals surface area contributed by atoms with Gasteiger partial charge in [0.25, 0.3) is 0 Å². The van der Waals surface area contributed by atoms with Gasteiger partial charge in [0.1, 0.15) is 11.6 Å². The van der Waals surface area contributed by atoms with Crippen LogP contribution in [0.2, 0.25) is 0 Å². The van der Waals surface area contributed by atoms with Crippen LogP contribution in [0.3, 0.4) is 0 Å². The number of aliphatic carboxylic acids is 2. The Morgan fingerprint density at radius 1 is 1.13 bits per heavy atom. The van der Waals surface area contributed by atoms with Gasteiger partial charge in [-0.15, -0.1) is 0 Å². The molecule has 1 unspecified atom stereocenters. The number of hydrogen-bond acceptors (Lipinski definition) is 5. The summed E-state index contributed by atoms with van der Waals surface area (Å²) in [5.41, 5.74) is -0.523. The van der Waals surface area contributed by atoms with Crippen molar-refractivity contribution in [1.82, 2.24) is 5.32 Å². The van der Waals surface area contributed by atoms with E-state index in [4.69, 9.17) is 9.84 Å². The van der Waals surface area contributed by atoms with Gasteiger partial charge in [0.05, 0.1) is 0 Å². The van der Waals surface area contributed by atoms with Gasteiger partial charge >= 0.3 is 17.9 Å². The average Bonchev–Trinajstić information content (AvgIpc) is 3.31. The molecular formula is C23H33NO7. The van der Waals surface area contributed by atoms with Crippen molar-refractivity contribution in [1.29, 1.82) is 0 Å². The highest BCUT2D eigenvalue weighted by molar-refractivity contribution is 5.99. The average molecular weight is 436 g/mol. The van der Waals surface area contributed by atoms with Crippen molar-refractivity contribution in [2.24, 2.45) is 23.7 Å². The van der Waals surface area contributed by atoms with Crippen molar-refractivity contribution in [3.05, 3.63) is 11.6 Å². The van der Waals surface area contributed by atoms with E-state index in [1.54, 1.807) is 0 Å².